The van der Waals surface area contributed by atoms with Gasteiger partial charge in [0.05, 0.1) is 18.4 Å². The molecule has 0 radical (unpaired) electrons. The summed E-state index contributed by atoms with van der Waals surface area (Å²) in [6.45, 7) is -0.376. The van der Waals surface area contributed by atoms with Crippen LogP contribution in [0.3, 0.4) is 0 Å². The van der Waals surface area contributed by atoms with E-state index in [1.165, 1.54) is 12.3 Å². The molecule has 0 bridgehead atoms. The van der Waals surface area contributed by atoms with Crippen LogP contribution in [0.25, 0.3) is 0 Å². The molecule has 1 aromatic carbocycles. The Morgan fingerprint density at radius 3 is 2.79 bits per heavy atom. The summed E-state index contributed by atoms with van der Waals surface area (Å²) in [6.07, 6.45) is 1.41. The molecular weight excluding hydrogens is 253 g/mol. The second-order valence-corrected chi connectivity index (χ2v) is 3.89. The summed E-state index contributed by atoms with van der Waals surface area (Å²) in [5.41, 5.74) is -0.220. The monoisotopic (exact) mass is 265 g/mol. The normalized spacial score (nSPS) is 12.1. The van der Waals surface area contributed by atoms with Gasteiger partial charge in [0.1, 0.15) is 23.4 Å². The number of aromatic hydroxyl groups is 1. The molecule has 2 aromatic rings. The van der Waals surface area contributed by atoms with Gasteiger partial charge >= 0.3 is 0 Å². The molecule has 0 aliphatic carbocycles. The van der Waals surface area contributed by atoms with Crippen LogP contribution in [0.15, 0.2) is 41.0 Å². The summed E-state index contributed by atoms with van der Waals surface area (Å²) in [4.78, 5) is 11.9. The lowest BCUT2D eigenvalue weighted by atomic mass is 10.1. The summed E-state index contributed by atoms with van der Waals surface area (Å²) in [5.74, 6) is -1.43. The maximum atomic E-state index is 13.5. The quantitative estimate of drug-likeness (QED) is 0.784. The number of furan rings is 1. The topological polar surface area (TPSA) is 82.7 Å². The molecule has 1 aromatic heterocycles. The van der Waals surface area contributed by atoms with Crippen molar-refractivity contribution in [2.45, 2.75) is 6.04 Å². The Bertz CT molecular complexity index is 568. The first-order valence-corrected chi connectivity index (χ1v) is 5.55. The van der Waals surface area contributed by atoms with Crippen LogP contribution < -0.4 is 5.32 Å². The Hall–Kier alpha value is -2.34. The van der Waals surface area contributed by atoms with Gasteiger partial charge in [0.2, 0.25) is 0 Å². The Morgan fingerprint density at radius 1 is 1.42 bits per heavy atom. The molecule has 1 amide bonds. The second kappa shape index (κ2) is 5.53. The van der Waals surface area contributed by atoms with Gasteiger partial charge in [-0.05, 0) is 24.3 Å². The van der Waals surface area contributed by atoms with Crippen molar-refractivity contribution in [1.29, 1.82) is 0 Å². The van der Waals surface area contributed by atoms with Crippen LogP contribution in [-0.4, -0.2) is 22.7 Å². The zero-order valence-electron chi connectivity index (χ0n) is 9.84. The van der Waals surface area contributed by atoms with Crippen LogP contribution in [0.4, 0.5) is 4.39 Å². The molecule has 3 N–H and O–H groups in total. The lowest BCUT2D eigenvalue weighted by molar-refractivity contribution is 0.0903. The number of benzene rings is 1. The number of hydrogen-bond donors (Lipinski definition) is 3. The number of aliphatic hydroxyl groups is 1. The number of halogens is 1. The zero-order valence-corrected chi connectivity index (χ0v) is 9.84. The molecule has 0 unspecified atom stereocenters. The third kappa shape index (κ3) is 2.92. The molecule has 6 heteroatoms. The minimum Gasteiger partial charge on any atom is -0.508 e. The van der Waals surface area contributed by atoms with Gasteiger partial charge in [0.25, 0.3) is 5.91 Å². The fourth-order valence-electron chi connectivity index (χ4n) is 1.62. The van der Waals surface area contributed by atoms with Gasteiger partial charge in [-0.1, -0.05) is 0 Å². The molecule has 1 atom stereocenters. The van der Waals surface area contributed by atoms with Gasteiger partial charge < -0.3 is 19.9 Å². The number of nitrogens with one attached hydrogen (secondary N) is 1. The predicted octanol–water partition coefficient (Wildman–Crippen LogP) is 1.59. The summed E-state index contributed by atoms with van der Waals surface area (Å²) < 4.78 is 18.6. The summed E-state index contributed by atoms with van der Waals surface area (Å²) in [5, 5.41) is 20.7. The van der Waals surface area contributed by atoms with E-state index in [1.54, 1.807) is 12.1 Å². The van der Waals surface area contributed by atoms with Gasteiger partial charge in [-0.25, -0.2) is 4.39 Å². The lowest BCUT2D eigenvalue weighted by Gasteiger charge is -2.14. The van der Waals surface area contributed by atoms with Crippen molar-refractivity contribution in [2.24, 2.45) is 0 Å². The largest absolute Gasteiger partial charge is 0.508 e. The third-order valence-corrected chi connectivity index (χ3v) is 2.57. The first kappa shape index (κ1) is 13.1. The summed E-state index contributed by atoms with van der Waals surface area (Å²) >= 11 is 0. The van der Waals surface area contributed by atoms with E-state index in [0.717, 1.165) is 12.1 Å². The SMILES string of the molecule is O=C(N[C@@H](CO)c1ccco1)c1ccc(O)cc1F. The van der Waals surface area contributed by atoms with Crippen LogP contribution >= 0.6 is 0 Å². The van der Waals surface area contributed by atoms with Gasteiger partial charge in [0, 0.05) is 6.07 Å². The molecule has 100 valence electrons. The first-order chi connectivity index (χ1) is 9.11. The van der Waals surface area contributed by atoms with E-state index in [2.05, 4.69) is 5.32 Å². The number of hydrogen-bond acceptors (Lipinski definition) is 4. The third-order valence-electron chi connectivity index (χ3n) is 2.57. The van der Waals surface area contributed by atoms with Crippen LogP contribution in [0, 0.1) is 5.82 Å². The molecule has 0 spiro atoms. The average molecular weight is 265 g/mol. The Kier molecular flexibility index (Phi) is 3.82. The predicted molar refractivity (Wildman–Crippen MR) is 64.1 cm³/mol. The number of rotatable bonds is 4. The fraction of sp³-hybridized carbons (Fsp3) is 0.154. The van der Waals surface area contributed by atoms with Gasteiger partial charge in [-0.2, -0.15) is 0 Å². The van der Waals surface area contributed by atoms with Gasteiger partial charge in [-0.15, -0.1) is 0 Å². The van der Waals surface area contributed by atoms with Crippen LogP contribution in [0.2, 0.25) is 0 Å². The molecule has 0 aliphatic rings. The van der Waals surface area contributed by atoms with Crippen LogP contribution in [-0.2, 0) is 0 Å². The van der Waals surface area contributed by atoms with Crippen molar-refractivity contribution >= 4 is 5.91 Å². The lowest BCUT2D eigenvalue weighted by Crippen LogP contribution is -2.31. The number of amides is 1. The highest BCUT2D eigenvalue weighted by molar-refractivity contribution is 5.94. The highest BCUT2D eigenvalue weighted by Crippen LogP contribution is 2.17. The fourth-order valence-corrected chi connectivity index (χ4v) is 1.62. The Balaban J connectivity index is 2.16. The Labute approximate surface area is 108 Å². The molecule has 0 aliphatic heterocycles. The van der Waals surface area contributed by atoms with Crippen molar-refractivity contribution in [3.8, 4) is 5.75 Å². The maximum absolute atomic E-state index is 13.5. The Morgan fingerprint density at radius 2 is 2.21 bits per heavy atom. The number of carbonyl (C=O) groups is 1. The van der Waals surface area contributed by atoms with E-state index in [9.17, 15) is 14.3 Å². The summed E-state index contributed by atoms with van der Waals surface area (Å²) in [6, 6.07) is 5.67. The minimum atomic E-state index is -0.839. The molecule has 19 heavy (non-hydrogen) atoms. The molecular formula is C13H12FNO4. The van der Waals surface area contributed by atoms with Crippen LogP contribution in [0.5, 0.6) is 5.75 Å². The van der Waals surface area contributed by atoms with Crippen molar-refractivity contribution < 1.29 is 23.8 Å². The van der Waals surface area contributed by atoms with Gasteiger partial charge in [0.15, 0.2) is 0 Å². The number of carbonyl (C=O) groups excluding carboxylic acids is 1. The minimum absolute atomic E-state index is 0.220. The molecule has 5 nitrogen and oxygen atoms in total. The number of phenols is 1. The van der Waals surface area contributed by atoms with Gasteiger partial charge in [-0.3, -0.25) is 4.79 Å². The van der Waals surface area contributed by atoms with E-state index < -0.39 is 17.8 Å². The number of phenolic OH excluding ortho intramolecular Hbond substituents is 1. The smallest absolute Gasteiger partial charge is 0.254 e. The highest BCUT2D eigenvalue weighted by Gasteiger charge is 2.19. The molecule has 0 saturated carbocycles. The van der Waals surface area contributed by atoms with Crippen molar-refractivity contribution in [3.05, 3.63) is 53.7 Å². The first-order valence-electron chi connectivity index (χ1n) is 5.55. The van der Waals surface area contributed by atoms with E-state index >= 15 is 0 Å². The van der Waals surface area contributed by atoms with E-state index in [-0.39, 0.29) is 17.9 Å². The van der Waals surface area contributed by atoms with Crippen molar-refractivity contribution in [2.75, 3.05) is 6.61 Å². The average Bonchev–Trinajstić information content (AvgIpc) is 2.89. The molecule has 2 rings (SSSR count). The van der Waals surface area contributed by atoms with Crippen molar-refractivity contribution in [1.82, 2.24) is 5.32 Å². The molecule has 0 saturated heterocycles. The number of aliphatic hydroxyl groups excluding tert-OH is 1. The van der Waals surface area contributed by atoms with Crippen molar-refractivity contribution in [3.63, 3.8) is 0 Å². The second-order valence-electron chi connectivity index (χ2n) is 3.89. The molecule has 0 fully saturated rings. The van der Waals surface area contributed by atoms with E-state index in [0.29, 0.717) is 5.76 Å². The zero-order chi connectivity index (χ0) is 13.8. The maximum Gasteiger partial charge on any atom is 0.254 e. The van der Waals surface area contributed by atoms with E-state index in [1.807, 2.05) is 0 Å². The summed E-state index contributed by atoms with van der Waals surface area (Å²) in [7, 11) is 0. The van der Waals surface area contributed by atoms with Crippen LogP contribution in [0.1, 0.15) is 22.2 Å². The standard InChI is InChI=1S/C13H12FNO4/c14-10-6-8(17)3-4-9(10)13(18)15-11(7-16)12-2-1-5-19-12/h1-6,11,16-17H,7H2,(H,15,18)/t11-/m0/s1. The van der Waals surface area contributed by atoms with E-state index in [4.69, 9.17) is 9.52 Å². The highest BCUT2D eigenvalue weighted by atomic mass is 19.1. The molecule has 1 heterocycles.